The quantitative estimate of drug-likeness (QED) is 0.582. The molecule has 0 N–H and O–H groups in total. The Kier molecular flexibility index (Phi) is 10.7. The largest absolute Gasteiger partial charge is 1.00 e. The van der Waals surface area contributed by atoms with Crippen molar-refractivity contribution < 1.29 is 51.4 Å². The molecular formula is C23H30KNSi2. The summed E-state index contributed by atoms with van der Waals surface area (Å²) in [5.74, 6) is 0. The summed E-state index contributed by atoms with van der Waals surface area (Å²) in [5.41, 5.74) is 1.32. The summed E-state index contributed by atoms with van der Waals surface area (Å²) >= 11 is 0. The van der Waals surface area contributed by atoms with Gasteiger partial charge < -0.3 is 4.65 Å². The van der Waals surface area contributed by atoms with Gasteiger partial charge in [0.1, 0.15) is 0 Å². The van der Waals surface area contributed by atoms with Gasteiger partial charge in [0.05, 0.1) is 0 Å². The second-order valence-electron chi connectivity index (χ2n) is 7.62. The molecule has 4 heteroatoms. The van der Waals surface area contributed by atoms with Crippen LogP contribution >= 0.6 is 0 Å². The van der Waals surface area contributed by atoms with E-state index in [9.17, 15) is 0 Å². The van der Waals surface area contributed by atoms with Gasteiger partial charge in [-0.25, -0.2) is 0 Å². The van der Waals surface area contributed by atoms with Crippen LogP contribution < -0.4 is 61.8 Å². The Morgan fingerprint density at radius 3 is 1.07 bits per heavy atom. The molecule has 0 saturated carbocycles. The predicted molar refractivity (Wildman–Crippen MR) is 122 cm³/mol. The Hall–Kier alpha value is -0.310. The van der Waals surface area contributed by atoms with Crippen molar-refractivity contribution in [1.29, 1.82) is 0 Å². The molecule has 3 rings (SSSR count). The smallest absolute Gasteiger partial charge is 0.660 e. The monoisotopic (exact) mass is 415 g/mol. The van der Waals surface area contributed by atoms with Crippen molar-refractivity contribution in [3.63, 3.8) is 0 Å². The van der Waals surface area contributed by atoms with Gasteiger partial charge in [-0.3, -0.25) is 0 Å². The summed E-state index contributed by atoms with van der Waals surface area (Å²) in [6, 6.07) is 31.8. The molecular weight excluding hydrogens is 386 g/mol. The number of nitrogens with zero attached hydrogens (tertiary/aromatic N) is 1. The Balaban J connectivity index is 0.000000385. The molecule has 0 atom stereocenters. The van der Waals surface area contributed by atoms with E-state index in [0.717, 1.165) is 0 Å². The van der Waals surface area contributed by atoms with Crippen LogP contribution in [-0.2, 0) is 0 Å². The van der Waals surface area contributed by atoms with Crippen LogP contribution in [0.1, 0.15) is 5.56 Å². The SMILES string of the molecule is C[Si](C)([N-][Si](C)(C)c1ccccc1)c1ccccc1.Cc1ccccc1.[K+]. The summed E-state index contributed by atoms with van der Waals surface area (Å²) < 4.78 is 5.36. The van der Waals surface area contributed by atoms with Gasteiger partial charge >= 0.3 is 51.4 Å². The first-order chi connectivity index (χ1) is 12.3. The first-order valence-corrected chi connectivity index (χ1v) is 15.1. The van der Waals surface area contributed by atoms with Crippen LogP contribution in [0.15, 0.2) is 91.0 Å². The number of rotatable bonds is 4. The van der Waals surface area contributed by atoms with Crippen molar-refractivity contribution in [2.75, 3.05) is 0 Å². The first-order valence-electron chi connectivity index (χ1n) is 9.18. The molecule has 0 aliphatic carbocycles. The predicted octanol–water partition coefficient (Wildman–Crippen LogP) is 2.58. The van der Waals surface area contributed by atoms with Gasteiger partial charge in [-0.2, -0.15) is 0 Å². The third-order valence-corrected chi connectivity index (χ3v) is 12.4. The van der Waals surface area contributed by atoms with Crippen LogP contribution in [0, 0.1) is 6.92 Å². The summed E-state index contributed by atoms with van der Waals surface area (Å²) in [6.45, 7) is 11.5. The van der Waals surface area contributed by atoms with Gasteiger partial charge in [0.2, 0.25) is 0 Å². The van der Waals surface area contributed by atoms with E-state index in [1.165, 1.54) is 15.9 Å². The molecule has 1 nitrogen and oxygen atoms in total. The van der Waals surface area contributed by atoms with Crippen molar-refractivity contribution in [2.24, 2.45) is 0 Å². The van der Waals surface area contributed by atoms with Gasteiger partial charge in [-0.15, -0.1) is 0 Å². The van der Waals surface area contributed by atoms with Crippen LogP contribution in [-0.4, -0.2) is 16.5 Å². The Morgan fingerprint density at radius 2 is 0.815 bits per heavy atom. The van der Waals surface area contributed by atoms with Gasteiger partial charge in [-0.05, 0) is 23.4 Å². The van der Waals surface area contributed by atoms with Crippen LogP contribution in [0.5, 0.6) is 0 Å². The molecule has 0 heterocycles. The third-order valence-electron chi connectivity index (χ3n) is 4.46. The minimum absolute atomic E-state index is 0. The van der Waals surface area contributed by atoms with Crippen LogP contribution in [0.3, 0.4) is 0 Å². The molecule has 0 amide bonds. The molecule has 0 spiro atoms. The Labute approximate surface area is 210 Å². The van der Waals surface area contributed by atoms with E-state index in [0.29, 0.717) is 0 Å². The van der Waals surface area contributed by atoms with Gasteiger partial charge in [0.15, 0.2) is 0 Å². The van der Waals surface area contributed by atoms with E-state index >= 15 is 0 Å². The van der Waals surface area contributed by atoms with Gasteiger partial charge in [0.25, 0.3) is 0 Å². The van der Waals surface area contributed by atoms with E-state index in [2.05, 4.69) is 106 Å². The molecule has 0 aliphatic heterocycles. The first kappa shape index (κ1) is 24.7. The third kappa shape index (κ3) is 8.30. The molecule has 0 fully saturated rings. The fraction of sp³-hybridized carbons (Fsp3) is 0.217. The minimum Gasteiger partial charge on any atom is -0.660 e. The van der Waals surface area contributed by atoms with Crippen molar-refractivity contribution in [3.05, 3.63) is 101 Å². The zero-order valence-electron chi connectivity index (χ0n) is 17.6. The topological polar surface area (TPSA) is 14.1 Å². The summed E-state index contributed by atoms with van der Waals surface area (Å²) in [7, 11) is -3.42. The number of hydrogen-bond acceptors (Lipinski definition) is 0. The Bertz CT molecular complexity index is 726. The fourth-order valence-corrected chi connectivity index (χ4v) is 11.7. The van der Waals surface area contributed by atoms with Crippen molar-refractivity contribution >= 4 is 26.8 Å². The minimum atomic E-state index is -1.71. The standard InChI is InChI=1S/C16H22NSi2.C7H8.K/c1-18(2,15-11-7-5-8-12-15)17-19(3,4)16-13-9-6-10-14-16;1-7-5-3-2-4-6-7;/h5-14H,1-4H3;2-6H,1H3;/q-1;;+1. The molecule has 0 radical (unpaired) electrons. The van der Waals surface area contributed by atoms with E-state index in [1.54, 1.807) is 0 Å². The average molecular weight is 416 g/mol. The molecule has 3 aromatic carbocycles. The van der Waals surface area contributed by atoms with Crippen molar-refractivity contribution in [3.8, 4) is 0 Å². The van der Waals surface area contributed by atoms with Crippen LogP contribution in [0.4, 0.5) is 0 Å². The molecule has 0 aromatic heterocycles. The fourth-order valence-electron chi connectivity index (χ4n) is 3.05. The summed E-state index contributed by atoms with van der Waals surface area (Å²) in [6.07, 6.45) is 0. The molecule has 3 aromatic rings. The average Bonchev–Trinajstić information content (AvgIpc) is 2.64. The Morgan fingerprint density at radius 1 is 0.519 bits per heavy atom. The summed E-state index contributed by atoms with van der Waals surface area (Å²) in [5, 5.41) is 2.85. The van der Waals surface area contributed by atoms with E-state index in [-0.39, 0.29) is 51.4 Å². The van der Waals surface area contributed by atoms with Crippen molar-refractivity contribution in [2.45, 2.75) is 33.1 Å². The number of hydrogen-bond donors (Lipinski definition) is 0. The molecule has 27 heavy (non-hydrogen) atoms. The maximum atomic E-state index is 5.36. The van der Waals surface area contributed by atoms with E-state index < -0.39 is 16.5 Å². The maximum Gasteiger partial charge on any atom is 1.00 e. The van der Waals surface area contributed by atoms with Crippen LogP contribution in [0.25, 0.3) is 4.65 Å². The van der Waals surface area contributed by atoms with Crippen molar-refractivity contribution in [1.82, 2.24) is 0 Å². The zero-order valence-corrected chi connectivity index (χ0v) is 22.7. The maximum absolute atomic E-state index is 5.36. The van der Waals surface area contributed by atoms with Crippen LogP contribution in [0.2, 0.25) is 26.2 Å². The summed E-state index contributed by atoms with van der Waals surface area (Å²) in [4.78, 5) is 0. The molecule has 136 valence electrons. The normalized spacial score (nSPS) is 11.0. The molecule has 0 aliphatic rings. The van der Waals surface area contributed by atoms with Gasteiger partial charge in [0, 0.05) is 0 Å². The van der Waals surface area contributed by atoms with E-state index in [1.807, 2.05) is 18.2 Å². The van der Waals surface area contributed by atoms with Gasteiger partial charge in [-0.1, -0.05) is 133 Å². The second-order valence-corrected chi connectivity index (χ2v) is 15.9. The molecule has 0 bridgehead atoms. The zero-order chi connectivity index (χ0) is 19.0. The second kappa shape index (κ2) is 11.6. The molecule has 0 unspecified atom stereocenters. The number of aryl methyl sites for hydroxylation is 1. The number of benzene rings is 3. The van der Waals surface area contributed by atoms with E-state index in [4.69, 9.17) is 4.65 Å². The molecule has 0 saturated heterocycles.